The summed E-state index contributed by atoms with van der Waals surface area (Å²) in [5, 5.41) is 1.18. The molecule has 2 heterocycles. The third kappa shape index (κ3) is 0.932. The molecule has 0 aliphatic carbocycles. The van der Waals surface area contributed by atoms with Crippen LogP contribution in [-0.2, 0) is 0 Å². The van der Waals surface area contributed by atoms with Crippen molar-refractivity contribution in [1.29, 1.82) is 0 Å². The van der Waals surface area contributed by atoms with E-state index in [0.29, 0.717) is 16.1 Å². The lowest BCUT2D eigenvalue weighted by atomic mass is 10.4. The first-order chi connectivity index (χ1) is 5.27. The highest BCUT2D eigenvalue weighted by molar-refractivity contribution is 7.80. The van der Waals surface area contributed by atoms with Crippen molar-refractivity contribution in [2.75, 3.05) is 0 Å². The van der Waals surface area contributed by atoms with Crippen molar-refractivity contribution in [3.05, 3.63) is 22.7 Å². The van der Waals surface area contributed by atoms with E-state index >= 15 is 0 Å². The minimum atomic E-state index is -0.147. The van der Waals surface area contributed by atoms with E-state index in [2.05, 4.69) is 27.6 Å². The maximum atomic E-state index is 11.0. The maximum absolute atomic E-state index is 11.0. The Hall–Kier alpha value is -1.23. The Kier molecular flexibility index (Phi) is 1.25. The first-order valence-electron chi connectivity index (χ1n) is 3.03. The van der Waals surface area contributed by atoms with E-state index in [1.54, 1.807) is 6.07 Å². The minimum Gasteiger partial charge on any atom is -0.334 e. The number of H-pyrrole nitrogens is 2. The van der Waals surface area contributed by atoms with E-state index in [9.17, 15) is 4.79 Å². The van der Waals surface area contributed by atoms with Crippen LogP contribution in [0.4, 0.5) is 0 Å². The van der Waals surface area contributed by atoms with Gasteiger partial charge in [0.05, 0.1) is 16.7 Å². The molecule has 5 heteroatoms. The number of hydrogen-bond donors (Lipinski definition) is 3. The van der Waals surface area contributed by atoms with E-state index < -0.39 is 0 Å². The molecule has 2 aromatic heterocycles. The number of nitrogens with one attached hydrogen (secondary N) is 2. The van der Waals surface area contributed by atoms with Gasteiger partial charge in [-0.3, -0.25) is 4.79 Å². The fraction of sp³-hybridized carbons (Fsp3) is 0. The Bertz CT molecular complexity index is 444. The van der Waals surface area contributed by atoms with Crippen molar-refractivity contribution in [3.63, 3.8) is 0 Å². The molecule has 0 unspecified atom stereocenters. The number of thiol groups is 1. The highest BCUT2D eigenvalue weighted by Gasteiger charge is 2.00. The van der Waals surface area contributed by atoms with Crippen molar-refractivity contribution >= 4 is 23.7 Å². The molecule has 0 aliphatic heterocycles. The van der Waals surface area contributed by atoms with E-state index in [1.807, 2.05) is 0 Å². The van der Waals surface area contributed by atoms with Crippen molar-refractivity contribution in [2.45, 2.75) is 5.03 Å². The second-order valence-corrected chi connectivity index (χ2v) is 2.63. The van der Waals surface area contributed by atoms with Gasteiger partial charge in [0.15, 0.2) is 0 Å². The smallest absolute Gasteiger partial charge is 0.260 e. The molecule has 0 saturated heterocycles. The van der Waals surface area contributed by atoms with Crippen molar-refractivity contribution < 1.29 is 0 Å². The summed E-state index contributed by atoms with van der Waals surface area (Å²) < 4.78 is 0. The lowest BCUT2D eigenvalue weighted by Gasteiger charge is -1.83. The van der Waals surface area contributed by atoms with Gasteiger partial charge in [-0.15, -0.1) is 12.6 Å². The Balaban J connectivity index is 3.02. The van der Waals surface area contributed by atoms with Crippen molar-refractivity contribution in [3.8, 4) is 0 Å². The van der Waals surface area contributed by atoms with E-state index in [4.69, 9.17) is 0 Å². The zero-order valence-corrected chi connectivity index (χ0v) is 6.35. The fourth-order valence-electron chi connectivity index (χ4n) is 0.938. The Labute approximate surface area is 67.1 Å². The SMILES string of the molecule is O=c1[nH]cnc2[nH]c(S)cc12. The summed E-state index contributed by atoms with van der Waals surface area (Å²) in [4.78, 5) is 20.2. The van der Waals surface area contributed by atoms with Crippen LogP contribution in [-0.4, -0.2) is 15.0 Å². The van der Waals surface area contributed by atoms with Gasteiger partial charge in [0.1, 0.15) is 5.65 Å². The minimum absolute atomic E-state index is 0.147. The van der Waals surface area contributed by atoms with Gasteiger partial charge < -0.3 is 9.97 Å². The molecule has 2 N–H and O–H groups in total. The second-order valence-electron chi connectivity index (χ2n) is 2.15. The first-order valence-corrected chi connectivity index (χ1v) is 3.47. The summed E-state index contributed by atoms with van der Waals surface area (Å²) in [6, 6.07) is 1.64. The summed E-state index contributed by atoms with van der Waals surface area (Å²) in [5.41, 5.74) is 0.422. The monoisotopic (exact) mass is 167 g/mol. The van der Waals surface area contributed by atoms with Crippen LogP contribution in [0.25, 0.3) is 11.0 Å². The third-order valence-electron chi connectivity index (χ3n) is 1.42. The fourth-order valence-corrected chi connectivity index (χ4v) is 1.17. The van der Waals surface area contributed by atoms with Crippen LogP contribution < -0.4 is 5.56 Å². The predicted molar refractivity (Wildman–Crippen MR) is 44.0 cm³/mol. The molecule has 2 aromatic rings. The van der Waals surface area contributed by atoms with Crippen LogP contribution in [0, 0.1) is 0 Å². The van der Waals surface area contributed by atoms with Gasteiger partial charge in [-0.2, -0.15) is 0 Å². The average molecular weight is 167 g/mol. The van der Waals surface area contributed by atoms with Crippen LogP contribution >= 0.6 is 12.6 Å². The van der Waals surface area contributed by atoms with Crippen LogP contribution in [0.3, 0.4) is 0 Å². The van der Waals surface area contributed by atoms with Gasteiger partial charge in [-0.25, -0.2) is 4.98 Å². The van der Waals surface area contributed by atoms with E-state index in [1.165, 1.54) is 6.33 Å². The topological polar surface area (TPSA) is 61.5 Å². The van der Waals surface area contributed by atoms with Crippen LogP contribution in [0.1, 0.15) is 0 Å². The van der Waals surface area contributed by atoms with Crippen molar-refractivity contribution in [2.24, 2.45) is 0 Å². The molecule has 4 nitrogen and oxygen atoms in total. The van der Waals surface area contributed by atoms with Crippen LogP contribution in [0.2, 0.25) is 0 Å². The van der Waals surface area contributed by atoms with Gasteiger partial charge in [-0.05, 0) is 6.07 Å². The van der Waals surface area contributed by atoms with Gasteiger partial charge >= 0.3 is 0 Å². The largest absolute Gasteiger partial charge is 0.334 e. The highest BCUT2D eigenvalue weighted by atomic mass is 32.1. The molecule has 0 aliphatic rings. The maximum Gasteiger partial charge on any atom is 0.260 e. The molecule has 2 rings (SSSR count). The highest BCUT2D eigenvalue weighted by Crippen LogP contribution is 2.09. The zero-order chi connectivity index (χ0) is 7.84. The standard InChI is InChI=1S/C6H5N3OS/c10-6-3-1-4(11)9-5(3)7-2-8-6/h1-2,11H,(H2,7,8,9,10). The van der Waals surface area contributed by atoms with E-state index in [0.717, 1.165) is 0 Å². The Morgan fingerprint density at radius 1 is 1.55 bits per heavy atom. The van der Waals surface area contributed by atoms with E-state index in [-0.39, 0.29) is 5.56 Å². The summed E-state index contributed by atoms with van der Waals surface area (Å²) in [5.74, 6) is 0. The summed E-state index contributed by atoms with van der Waals surface area (Å²) >= 11 is 4.04. The molecule has 0 fully saturated rings. The molecule has 56 valence electrons. The third-order valence-corrected chi connectivity index (χ3v) is 1.66. The molecule has 0 bridgehead atoms. The number of fused-ring (bicyclic) bond motifs is 1. The van der Waals surface area contributed by atoms with Gasteiger partial charge in [0, 0.05) is 0 Å². The number of aromatic nitrogens is 3. The van der Waals surface area contributed by atoms with Gasteiger partial charge in [0.2, 0.25) is 0 Å². The molecular weight excluding hydrogens is 162 g/mol. The normalized spacial score (nSPS) is 10.6. The molecule has 0 radical (unpaired) electrons. The lowest BCUT2D eigenvalue weighted by Crippen LogP contribution is -2.04. The molecule has 0 spiro atoms. The van der Waals surface area contributed by atoms with Gasteiger partial charge in [0.25, 0.3) is 5.56 Å². The Morgan fingerprint density at radius 2 is 2.36 bits per heavy atom. The number of rotatable bonds is 0. The zero-order valence-electron chi connectivity index (χ0n) is 5.46. The Morgan fingerprint density at radius 3 is 3.09 bits per heavy atom. The average Bonchev–Trinajstić information content (AvgIpc) is 2.31. The quantitative estimate of drug-likeness (QED) is 0.501. The van der Waals surface area contributed by atoms with Crippen LogP contribution in [0.5, 0.6) is 0 Å². The molecule has 11 heavy (non-hydrogen) atoms. The molecular formula is C6H5N3OS. The molecule has 0 amide bonds. The van der Waals surface area contributed by atoms with Crippen LogP contribution in [0.15, 0.2) is 22.2 Å². The second kappa shape index (κ2) is 2.13. The number of aromatic amines is 2. The van der Waals surface area contributed by atoms with Gasteiger partial charge in [-0.1, -0.05) is 0 Å². The summed E-state index contributed by atoms with van der Waals surface area (Å²) in [6.07, 6.45) is 1.36. The molecule has 0 saturated carbocycles. The van der Waals surface area contributed by atoms with Crippen molar-refractivity contribution in [1.82, 2.24) is 15.0 Å². The molecule has 0 aromatic carbocycles. The summed E-state index contributed by atoms with van der Waals surface area (Å²) in [6.45, 7) is 0. The predicted octanol–water partition coefficient (Wildman–Crippen LogP) is 0.540. The number of nitrogens with zero attached hydrogens (tertiary/aromatic N) is 1. The number of hydrogen-bond acceptors (Lipinski definition) is 3. The first kappa shape index (κ1) is 6.48. The lowest BCUT2D eigenvalue weighted by molar-refractivity contribution is 1.14. The molecule has 0 atom stereocenters. The summed E-state index contributed by atoms with van der Waals surface area (Å²) in [7, 11) is 0.